The van der Waals surface area contributed by atoms with E-state index in [2.05, 4.69) is 10.3 Å². The molecule has 1 rings (SSSR count). The summed E-state index contributed by atoms with van der Waals surface area (Å²) in [6.07, 6.45) is 4.44. The van der Waals surface area contributed by atoms with Crippen molar-refractivity contribution in [2.24, 2.45) is 0 Å². The number of nitrogens with one attached hydrogen (secondary N) is 1. The lowest BCUT2D eigenvalue weighted by Gasteiger charge is -2.09. The smallest absolute Gasteiger partial charge is 0.293 e. The average Bonchev–Trinajstić information content (AvgIpc) is 2.30. The Morgan fingerprint density at radius 1 is 1.53 bits per heavy atom. The van der Waals surface area contributed by atoms with Crippen LogP contribution in [0, 0.1) is 0 Å². The summed E-state index contributed by atoms with van der Waals surface area (Å²) < 4.78 is 7.04. The Balaban J connectivity index is 2.39. The lowest BCUT2D eigenvalue weighted by Crippen LogP contribution is -2.24. The number of hydrogen-bond acceptors (Lipinski definition) is 4. The maximum Gasteiger partial charge on any atom is 0.293 e. The Morgan fingerprint density at radius 2 is 2.29 bits per heavy atom. The van der Waals surface area contributed by atoms with E-state index >= 15 is 0 Å². The summed E-state index contributed by atoms with van der Waals surface area (Å²) in [4.78, 5) is 15.8. The van der Waals surface area contributed by atoms with Crippen molar-refractivity contribution in [2.45, 2.75) is 39.8 Å². The Kier molecular flexibility index (Phi) is 5.69. The molecule has 0 bridgehead atoms. The maximum atomic E-state index is 11.8. The third-order valence-corrected chi connectivity index (χ3v) is 2.32. The van der Waals surface area contributed by atoms with Gasteiger partial charge in [-0.1, -0.05) is 0 Å². The van der Waals surface area contributed by atoms with Crippen molar-refractivity contribution in [1.29, 1.82) is 0 Å². The van der Waals surface area contributed by atoms with Gasteiger partial charge in [-0.05, 0) is 27.2 Å². The molecule has 0 spiro atoms. The van der Waals surface area contributed by atoms with E-state index < -0.39 is 0 Å². The molecule has 1 aromatic heterocycles. The summed E-state index contributed by atoms with van der Waals surface area (Å²) in [7, 11) is 0. The van der Waals surface area contributed by atoms with E-state index in [1.165, 1.54) is 0 Å². The second kappa shape index (κ2) is 7.06. The van der Waals surface area contributed by atoms with Gasteiger partial charge in [0.15, 0.2) is 5.82 Å². The zero-order chi connectivity index (χ0) is 12.7. The molecule has 0 saturated carbocycles. The fourth-order valence-corrected chi connectivity index (χ4v) is 1.42. The number of rotatable bonds is 7. The average molecular weight is 239 g/mol. The highest BCUT2D eigenvalue weighted by atomic mass is 16.5. The quantitative estimate of drug-likeness (QED) is 0.732. The van der Waals surface area contributed by atoms with E-state index in [1.54, 1.807) is 17.0 Å². The molecule has 0 unspecified atom stereocenters. The lowest BCUT2D eigenvalue weighted by molar-refractivity contribution is 0.0787. The molecule has 0 radical (unpaired) electrons. The van der Waals surface area contributed by atoms with E-state index in [0.29, 0.717) is 25.5 Å². The molecule has 1 aromatic rings. The molecule has 0 aromatic carbocycles. The number of aryl methyl sites for hydroxylation is 1. The predicted octanol–water partition coefficient (Wildman–Crippen LogP) is 1.49. The van der Waals surface area contributed by atoms with Crippen LogP contribution in [0.25, 0.3) is 0 Å². The number of ether oxygens (including phenoxy) is 1. The standard InChI is InChI=1S/C12H21N3O2/c1-4-15-8-7-14-11(12(15)16)13-6-5-9-17-10(2)3/h7-8,10H,4-6,9H2,1-3H3,(H,13,14). The molecule has 96 valence electrons. The molecule has 1 N–H and O–H groups in total. The summed E-state index contributed by atoms with van der Waals surface area (Å²) >= 11 is 0. The minimum atomic E-state index is -0.0697. The van der Waals surface area contributed by atoms with Gasteiger partial charge in [0.1, 0.15) is 0 Å². The minimum Gasteiger partial charge on any atom is -0.379 e. The van der Waals surface area contributed by atoms with Gasteiger partial charge in [0.2, 0.25) is 0 Å². The third kappa shape index (κ3) is 4.56. The molecule has 5 nitrogen and oxygen atoms in total. The highest BCUT2D eigenvalue weighted by Crippen LogP contribution is 1.95. The maximum absolute atomic E-state index is 11.8. The molecule has 17 heavy (non-hydrogen) atoms. The summed E-state index contributed by atoms with van der Waals surface area (Å²) in [5, 5.41) is 3.04. The van der Waals surface area contributed by atoms with Gasteiger partial charge in [-0.15, -0.1) is 0 Å². The van der Waals surface area contributed by atoms with Gasteiger partial charge in [0, 0.05) is 32.1 Å². The summed E-state index contributed by atoms with van der Waals surface area (Å²) in [5.74, 6) is 0.416. The van der Waals surface area contributed by atoms with Crippen LogP contribution in [0.5, 0.6) is 0 Å². The molecule has 0 aliphatic heterocycles. The van der Waals surface area contributed by atoms with E-state index in [0.717, 1.165) is 6.42 Å². The molecule has 0 amide bonds. The number of nitrogens with zero attached hydrogens (tertiary/aromatic N) is 2. The normalized spacial score (nSPS) is 10.8. The molecule has 0 saturated heterocycles. The van der Waals surface area contributed by atoms with E-state index in [4.69, 9.17) is 4.74 Å². The Hall–Kier alpha value is -1.36. The van der Waals surface area contributed by atoms with Crippen molar-refractivity contribution in [3.63, 3.8) is 0 Å². The second-order valence-corrected chi connectivity index (χ2v) is 4.07. The van der Waals surface area contributed by atoms with Crippen LogP contribution >= 0.6 is 0 Å². The van der Waals surface area contributed by atoms with Crippen LogP contribution in [0.3, 0.4) is 0 Å². The molecular weight excluding hydrogens is 218 g/mol. The van der Waals surface area contributed by atoms with Crippen LogP contribution in [0.1, 0.15) is 27.2 Å². The number of hydrogen-bond donors (Lipinski definition) is 1. The first kappa shape index (κ1) is 13.7. The largest absolute Gasteiger partial charge is 0.379 e. The van der Waals surface area contributed by atoms with Gasteiger partial charge in [0.25, 0.3) is 5.56 Å². The minimum absolute atomic E-state index is 0.0697. The monoisotopic (exact) mass is 239 g/mol. The fraction of sp³-hybridized carbons (Fsp3) is 0.667. The summed E-state index contributed by atoms with van der Waals surface area (Å²) in [6.45, 7) is 7.99. The molecule has 5 heteroatoms. The van der Waals surface area contributed by atoms with Crippen LogP contribution in [0.2, 0.25) is 0 Å². The van der Waals surface area contributed by atoms with Crippen molar-refractivity contribution < 1.29 is 4.74 Å². The van der Waals surface area contributed by atoms with Crippen LogP contribution < -0.4 is 10.9 Å². The van der Waals surface area contributed by atoms with Crippen molar-refractivity contribution >= 4 is 5.82 Å². The summed E-state index contributed by atoms with van der Waals surface area (Å²) in [6, 6.07) is 0. The van der Waals surface area contributed by atoms with Gasteiger partial charge in [0.05, 0.1) is 6.10 Å². The van der Waals surface area contributed by atoms with Crippen molar-refractivity contribution in [2.75, 3.05) is 18.5 Å². The molecule has 1 heterocycles. The second-order valence-electron chi connectivity index (χ2n) is 4.07. The zero-order valence-corrected chi connectivity index (χ0v) is 10.8. The summed E-state index contributed by atoms with van der Waals surface area (Å²) in [5.41, 5.74) is -0.0697. The Morgan fingerprint density at radius 3 is 2.94 bits per heavy atom. The first-order valence-corrected chi connectivity index (χ1v) is 6.06. The van der Waals surface area contributed by atoms with E-state index in [1.807, 2.05) is 20.8 Å². The molecular formula is C12H21N3O2. The van der Waals surface area contributed by atoms with Gasteiger partial charge in [-0.2, -0.15) is 0 Å². The highest BCUT2D eigenvalue weighted by Gasteiger charge is 2.02. The van der Waals surface area contributed by atoms with Gasteiger partial charge < -0.3 is 14.6 Å². The predicted molar refractivity (Wildman–Crippen MR) is 68.4 cm³/mol. The topological polar surface area (TPSA) is 56.1 Å². The molecule has 0 atom stereocenters. The lowest BCUT2D eigenvalue weighted by atomic mass is 10.4. The molecule has 0 aliphatic rings. The first-order valence-electron chi connectivity index (χ1n) is 6.06. The van der Waals surface area contributed by atoms with E-state index in [9.17, 15) is 4.79 Å². The number of anilines is 1. The number of aromatic nitrogens is 2. The van der Waals surface area contributed by atoms with Crippen molar-refractivity contribution in [1.82, 2.24) is 9.55 Å². The van der Waals surface area contributed by atoms with Crippen molar-refractivity contribution in [3.8, 4) is 0 Å². The van der Waals surface area contributed by atoms with Crippen LogP contribution in [-0.4, -0.2) is 28.8 Å². The van der Waals surface area contributed by atoms with Gasteiger partial charge in [-0.3, -0.25) is 4.79 Å². The highest BCUT2D eigenvalue weighted by molar-refractivity contribution is 5.30. The SMILES string of the molecule is CCn1ccnc(NCCCOC(C)C)c1=O. The Bertz CT molecular complexity index is 388. The fourth-order valence-electron chi connectivity index (χ4n) is 1.42. The molecule has 0 aliphatic carbocycles. The first-order chi connectivity index (χ1) is 8.15. The Labute approximate surface area is 102 Å². The zero-order valence-electron chi connectivity index (χ0n) is 10.8. The van der Waals surface area contributed by atoms with Crippen LogP contribution in [-0.2, 0) is 11.3 Å². The van der Waals surface area contributed by atoms with Gasteiger partial charge in [-0.25, -0.2) is 4.98 Å². The third-order valence-electron chi connectivity index (χ3n) is 2.32. The van der Waals surface area contributed by atoms with E-state index in [-0.39, 0.29) is 11.7 Å². The van der Waals surface area contributed by atoms with Gasteiger partial charge >= 0.3 is 0 Å². The van der Waals surface area contributed by atoms with Crippen LogP contribution in [0.4, 0.5) is 5.82 Å². The van der Waals surface area contributed by atoms with Crippen LogP contribution in [0.15, 0.2) is 17.2 Å². The molecule has 0 fully saturated rings. The van der Waals surface area contributed by atoms with Crippen molar-refractivity contribution in [3.05, 3.63) is 22.7 Å².